The zero-order chi connectivity index (χ0) is 17.2. The van der Waals surface area contributed by atoms with E-state index in [1.165, 1.54) is 0 Å². The van der Waals surface area contributed by atoms with Gasteiger partial charge in [0.1, 0.15) is 11.5 Å². The maximum Gasteiger partial charge on any atom is 0.404 e. The summed E-state index contributed by atoms with van der Waals surface area (Å²) in [7, 11) is 3.18. The molecule has 0 aliphatic heterocycles. The SMILES string of the molecule is CCC(Cc1cc(OC)c(CCCCF)cc1OC)NC(=O)O. The molecule has 0 fully saturated rings. The Hall–Kier alpha value is -1.98. The lowest BCUT2D eigenvalue weighted by atomic mass is 9.98. The Morgan fingerprint density at radius 2 is 1.83 bits per heavy atom. The quantitative estimate of drug-likeness (QED) is 0.645. The van der Waals surface area contributed by atoms with Gasteiger partial charge in [0.2, 0.25) is 0 Å². The number of alkyl halides is 1. The van der Waals surface area contributed by atoms with Crippen LogP contribution in [0.15, 0.2) is 12.1 Å². The summed E-state index contributed by atoms with van der Waals surface area (Å²) in [5, 5.41) is 11.4. The summed E-state index contributed by atoms with van der Waals surface area (Å²) in [5.41, 5.74) is 1.86. The minimum atomic E-state index is -1.04. The first kappa shape index (κ1) is 19.1. The first-order chi connectivity index (χ1) is 11.0. The highest BCUT2D eigenvalue weighted by atomic mass is 19.1. The number of ether oxygens (including phenoxy) is 2. The number of hydrogen-bond acceptors (Lipinski definition) is 3. The minimum absolute atomic E-state index is 0.191. The number of halogens is 1. The molecule has 0 radical (unpaired) electrons. The molecule has 1 amide bonds. The molecule has 0 aromatic heterocycles. The van der Waals surface area contributed by atoms with E-state index in [4.69, 9.17) is 14.6 Å². The van der Waals surface area contributed by atoms with Crippen molar-refractivity contribution in [1.82, 2.24) is 5.32 Å². The molecular formula is C17H26FNO4. The van der Waals surface area contributed by atoms with Crippen molar-refractivity contribution < 1.29 is 23.8 Å². The fourth-order valence-electron chi connectivity index (χ4n) is 2.53. The summed E-state index contributed by atoms with van der Waals surface area (Å²) in [6, 6.07) is 3.60. The van der Waals surface area contributed by atoms with Crippen LogP contribution in [0.5, 0.6) is 11.5 Å². The first-order valence-electron chi connectivity index (χ1n) is 7.84. The van der Waals surface area contributed by atoms with Gasteiger partial charge in [0.15, 0.2) is 0 Å². The summed E-state index contributed by atoms with van der Waals surface area (Å²) in [6.07, 6.45) is 2.14. The molecule has 1 unspecified atom stereocenters. The second-order valence-electron chi connectivity index (χ2n) is 5.38. The number of carboxylic acid groups (broad SMARTS) is 1. The van der Waals surface area contributed by atoms with Crippen molar-refractivity contribution in [3.05, 3.63) is 23.3 Å². The third-order valence-corrected chi connectivity index (χ3v) is 3.80. The molecule has 2 N–H and O–H groups in total. The summed E-state index contributed by atoms with van der Waals surface area (Å²) in [4.78, 5) is 10.8. The van der Waals surface area contributed by atoms with Crippen LogP contribution in [-0.4, -0.2) is 38.1 Å². The highest BCUT2D eigenvalue weighted by molar-refractivity contribution is 5.65. The molecule has 6 heteroatoms. The van der Waals surface area contributed by atoms with Gasteiger partial charge in [-0.05, 0) is 55.4 Å². The van der Waals surface area contributed by atoms with Crippen molar-refractivity contribution in [2.75, 3.05) is 20.9 Å². The fourth-order valence-corrected chi connectivity index (χ4v) is 2.53. The van der Waals surface area contributed by atoms with Gasteiger partial charge in [0.25, 0.3) is 0 Å². The Bertz CT molecular complexity index is 508. The predicted octanol–water partition coefficient (Wildman–Crippen LogP) is 3.58. The second kappa shape index (κ2) is 9.92. The summed E-state index contributed by atoms with van der Waals surface area (Å²) in [6.45, 7) is 1.60. The molecule has 1 aromatic rings. The average Bonchev–Trinajstić information content (AvgIpc) is 2.54. The predicted molar refractivity (Wildman–Crippen MR) is 87.4 cm³/mol. The van der Waals surface area contributed by atoms with E-state index in [-0.39, 0.29) is 12.7 Å². The molecular weight excluding hydrogens is 301 g/mol. The standard InChI is InChI=1S/C17H26FNO4/c1-4-14(19-17(20)21)9-13-11-15(22-2)12(7-5-6-8-18)10-16(13)23-3/h10-11,14,19H,4-9H2,1-3H3,(H,20,21). The number of aryl methyl sites for hydroxylation is 1. The lowest BCUT2D eigenvalue weighted by Gasteiger charge is -2.19. The number of amides is 1. The normalized spacial score (nSPS) is 11.8. The summed E-state index contributed by atoms with van der Waals surface area (Å²) in [5.74, 6) is 1.43. The van der Waals surface area contributed by atoms with Crippen molar-refractivity contribution in [1.29, 1.82) is 0 Å². The van der Waals surface area contributed by atoms with Gasteiger partial charge in [0, 0.05) is 6.04 Å². The Balaban J connectivity index is 3.00. The van der Waals surface area contributed by atoms with Gasteiger partial charge in [0.05, 0.1) is 20.9 Å². The van der Waals surface area contributed by atoms with E-state index in [0.717, 1.165) is 23.3 Å². The zero-order valence-electron chi connectivity index (χ0n) is 14.0. The second-order valence-corrected chi connectivity index (χ2v) is 5.38. The molecule has 0 saturated heterocycles. The molecule has 1 rings (SSSR count). The molecule has 0 bridgehead atoms. The van der Waals surface area contributed by atoms with Gasteiger partial charge in [-0.3, -0.25) is 4.39 Å². The third-order valence-electron chi connectivity index (χ3n) is 3.80. The minimum Gasteiger partial charge on any atom is -0.496 e. The van der Waals surface area contributed by atoms with Crippen LogP contribution in [0, 0.1) is 0 Å². The van der Waals surface area contributed by atoms with Crippen LogP contribution in [0.25, 0.3) is 0 Å². The number of hydrogen-bond donors (Lipinski definition) is 2. The van der Waals surface area contributed by atoms with E-state index in [0.29, 0.717) is 31.4 Å². The zero-order valence-corrected chi connectivity index (χ0v) is 14.0. The van der Waals surface area contributed by atoms with Crippen LogP contribution in [-0.2, 0) is 12.8 Å². The maximum atomic E-state index is 12.3. The average molecular weight is 327 g/mol. The molecule has 1 atom stereocenters. The highest BCUT2D eigenvalue weighted by Gasteiger charge is 2.16. The molecule has 0 aliphatic carbocycles. The largest absolute Gasteiger partial charge is 0.496 e. The van der Waals surface area contributed by atoms with E-state index in [1.807, 2.05) is 19.1 Å². The smallest absolute Gasteiger partial charge is 0.404 e. The monoisotopic (exact) mass is 327 g/mol. The molecule has 0 aliphatic rings. The van der Waals surface area contributed by atoms with E-state index in [9.17, 15) is 9.18 Å². The molecule has 23 heavy (non-hydrogen) atoms. The fraction of sp³-hybridized carbons (Fsp3) is 0.588. The van der Waals surface area contributed by atoms with E-state index < -0.39 is 6.09 Å². The first-order valence-corrected chi connectivity index (χ1v) is 7.84. The number of nitrogens with one attached hydrogen (secondary N) is 1. The molecule has 130 valence electrons. The van der Waals surface area contributed by atoms with Crippen LogP contribution in [0.4, 0.5) is 9.18 Å². The van der Waals surface area contributed by atoms with Gasteiger partial charge in [-0.15, -0.1) is 0 Å². The molecule has 0 spiro atoms. The number of rotatable bonds is 10. The van der Waals surface area contributed by atoms with E-state index >= 15 is 0 Å². The van der Waals surface area contributed by atoms with Crippen LogP contribution in [0.3, 0.4) is 0 Å². The van der Waals surface area contributed by atoms with E-state index in [2.05, 4.69) is 5.32 Å². The van der Waals surface area contributed by atoms with Gasteiger partial charge in [-0.25, -0.2) is 4.79 Å². The number of methoxy groups -OCH3 is 2. The van der Waals surface area contributed by atoms with Crippen molar-refractivity contribution in [3.63, 3.8) is 0 Å². The van der Waals surface area contributed by atoms with E-state index in [1.54, 1.807) is 14.2 Å². The lowest BCUT2D eigenvalue weighted by Crippen LogP contribution is -2.34. The van der Waals surface area contributed by atoms with Crippen LogP contribution in [0.1, 0.15) is 37.3 Å². The van der Waals surface area contributed by atoms with Gasteiger partial charge in [-0.2, -0.15) is 0 Å². The van der Waals surface area contributed by atoms with Gasteiger partial charge < -0.3 is 19.9 Å². The Morgan fingerprint density at radius 1 is 1.22 bits per heavy atom. The molecule has 0 saturated carbocycles. The molecule has 0 heterocycles. The van der Waals surface area contributed by atoms with Crippen LogP contribution >= 0.6 is 0 Å². The van der Waals surface area contributed by atoms with Crippen molar-refractivity contribution in [2.24, 2.45) is 0 Å². The summed E-state index contributed by atoms with van der Waals surface area (Å²) < 4.78 is 23.1. The van der Waals surface area contributed by atoms with Crippen molar-refractivity contribution in [3.8, 4) is 11.5 Å². The van der Waals surface area contributed by atoms with Crippen LogP contribution in [0.2, 0.25) is 0 Å². The van der Waals surface area contributed by atoms with Crippen LogP contribution < -0.4 is 14.8 Å². The maximum absolute atomic E-state index is 12.3. The topological polar surface area (TPSA) is 67.8 Å². The summed E-state index contributed by atoms with van der Waals surface area (Å²) >= 11 is 0. The lowest BCUT2D eigenvalue weighted by molar-refractivity contribution is 0.189. The Morgan fingerprint density at radius 3 is 2.35 bits per heavy atom. The molecule has 5 nitrogen and oxygen atoms in total. The van der Waals surface area contributed by atoms with Crippen molar-refractivity contribution >= 4 is 6.09 Å². The van der Waals surface area contributed by atoms with Crippen molar-refractivity contribution in [2.45, 2.75) is 45.1 Å². The van der Waals surface area contributed by atoms with Gasteiger partial charge >= 0.3 is 6.09 Å². The molecule has 1 aromatic carbocycles. The Kier molecular flexibility index (Phi) is 8.22. The number of benzene rings is 1. The van der Waals surface area contributed by atoms with Gasteiger partial charge in [-0.1, -0.05) is 6.92 Å². The number of carbonyl (C=O) groups is 1. The highest BCUT2D eigenvalue weighted by Crippen LogP contribution is 2.31. The Labute approximate surface area is 136 Å². The third kappa shape index (κ3) is 5.96. The number of unbranched alkanes of at least 4 members (excludes halogenated alkanes) is 1.